The number of carbonyl (C=O) groups is 3. The van der Waals surface area contributed by atoms with Crippen LogP contribution in [0.2, 0.25) is 0 Å². The summed E-state index contributed by atoms with van der Waals surface area (Å²) >= 11 is 0. The monoisotopic (exact) mass is 434 g/mol. The fourth-order valence-corrected chi connectivity index (χ4v) is 5.45. The first kappa shape index (κ1) is 23.2. The van der Waals surface area contributed by atoms with Gasteiger partial charge in [-0.05, 0) is 69.8 Å². The Hall–Kier alpha value is -2.42. The first-order valence-electron chi connectivity index (χ1n) is 11.4. The van der Waals surface area contributed by atoms with E-state index >= 15 is 0 Å². The Morgan fingerprint density at radius 3 is 2.55 bits per heavy atom. The number of hydrogen-bond acceptors (Lipinski definition) is 5. The molecule has 1 saturated carbocycles. The predicted molar refractivity (Wildman–Crippen MR) is 113 cm³/mol. The summed E-state index contributed by atoms with van der Waals surface area (Å²) in [7, 11) is 0. The van der Waals surface area contributed by atoms with Crippen LogP contribution in [-0.2, 0) is 20.8 Å². The summed E-state index contributed by atoms with van der Waals surface area (Å²) < 4.78 is 0. The van der Waals surface area contributed by atoms with Crippen LogP contribution in [0.25, 0.3) is 0 Å². The standard InChI is InChI=1S/C21H32N4O3.CH2O2/c26-18-8-6-17(7-9-18)24-12-2-10-21(20(24)28)11-3-13-25(21)19(27)5-1-4-16-14-22-23-15-16;2-1-3/h14-15,17-18,26H,1-13H2,(H,22,23);1H,(H,2,3). The number of aliphatic hydroxyl groups excluding tert-OH is 1. The molecule has 1 unspecified atom stereocenters. The second-order valence-electron chi connectivity index (χ2n) is 8.81. The van der Waals surface area contributed by atoms with Crippen molar-refractivity contribution in [2.45, 2.75) is 88.3 Å². The van der Waals surface area contributed by atoms with Crippen LogP contribution in [0.1, 0.15) is 69.8 Å². The molecule has 9 heteroatoms. The van der Waals surface area contributed by atoms with Crippen molar-refractivity contribution < 1.29 is 24.6 Å². The van der Waals surface area contributed by atoms with Crippen molar-refractivity contribution in [2.24, 2.45) is 0 Å². The van der Waals surface area contributed by atoms with Gasteiger partial charge in [0.05, 0.1) is 12.3 Å². The van der Waals surface area contributed by atoms with Crippen molar-refractivity contribution >= 4 is 18.3 Å². The van der Waals surface area contributed by atoms with Crippen molar-refractivity contribution in [2.75, 3.05) is 13.1 Å². The number of carbonyl (C=O) groups excluding carboxylic acids is 2. The average Bonchev–Trinajstić information content (AvgIpc) is 3.42. The molecular formula is C22H34N4O5. The zero-order valence-corrected chi connectivity index (χ0v) is 18.0. The van der Waals surface area contributed by atoms with Crippen LogP contribution >= 0.6 is 0 Å². The van der Waals surface area contributed by atoms with Crippen LogP contribution in [0, 0.1) is 0 Å². The van der Waals surface area contributed by atoms with Crippen LogP contribution in [0.4, 0.5) is 0 Å². The van der Waals surface area contributed by atoms with Gasteiger partial charge in [-0.15, -0.1) is 0 Å². The fourth-order valence-electron chi connectivity index (χ4n) is 5.45. The van der Waals surface area contributed by atoms with Crippen molar-refractivity contribution in [3.05, 3.63) is 18.0 Å². The first-order chi connectivity index (χ1) is 15.0. The van der Waals surface area contributed by atoms with Gasteiger partial charge >= 0.3 is 0 Å². The molecule has 1 aromatic heterocycles. The Kier molecular flexibility index (Phi) is 8.06. The number of aryl methyl sites for hydroxylation is 1. The van der Waals surface area contributed by atoms with E-state index in [2.05, 4.69) is 10.2 Å². The third-order valence-electron chi connectivity index (χ3n) is 6.96. The van der Waals surface area contributed by atoms with E-state index in [4.69, 9.17) is 9.90 Å². The number of aromatic amines is 1. The van der Waals surface area contributed by atoms with Crippen LogP contribution in [0.5, 0.6) is 0 Å². The third kappa shape index (κ3) is 5.26. The van der Waals surface area contributed by atoms with Crippen molar-refractivity contribution in [1.29, 1.82) is 0 Å². The van der Waals surface area contributed by atoms with E-state index in [1.165, 1.54) is 0 Å². The van der Waals surface area contributed by atoms with Crippen LogP contribution in [0.3, 0.4) is 0 Å². The van der Waals surface area contributed by atoms with Gasteiger partial charge in [-0.25, -0.2) is 0 Å². The molecule has 0 bridgehead atoms. The molecule has 3 fully saturated rings. The first-order valence-corrected chi connectivity index (χ1v) is 11.4. The topological polar surface area (TPSA) is 127 Å². The quantitative estimate of drug-likeness (QED) is 0.606. The molecule has 2 aliphatic heterocycles. The lowest BCUT2D eigenvalue weighted by molar-refractivity contribution is -0.158. The number of likely N-dealkylation sites (tertiary alicyclic amines) is 2. The van der Waals surface area contributed by atoms with E-state index < -0.39 is 5.54 Å². The number of aromatic nitrogens is 2. The minimum Gasteiger partial charge on any atom is -0.483 e. The Morgan fingerprint density at radius 1 is 1.23 bits per heavy atom. The number of rotatable bonds is 5. The molecule has 1 aliphatic carbocycles. The highest BCUT2D eigenvalue weighted by Crippen LogP contribution is 2.40. The van der Waals surface area contributed by atoms with E-state index in [1.54, 1.807) is 6.20 Å². The maximum atomic E-state index is 13.6. The summed E-state index contributed by atoms with van der Waals surface area (Å²) in [6.45, 7) is 1.25. The van der Waals surface area contributed by atoms with Gasteiger partial charge in [-0.1, -0.05) is 0 Å². The van der Waals surface area contributed by atoms with Gasteiger partial charge in [0, 0.05) is 31.7 Å². The molecule has 1 spiro atoms. The SMILES string of the molecule is O=C(CCCc1cn[nH]c1)N1CCCC12CCCN(C1CCC(O)CC1)C2=O.O=CO. The van der Waals surface area contributed by atoms with E-state index in [-0.39, 0.29) is 30.4 Å². The summed E-state index contributed by atoms with van der Waals surface area (Å²) in [6, 6.07) is 0.228. The molecule has 2 amide bonds. The lowest BCUT2D eigenvalue weighted by atomic mass is 9.82. The molecule has 1 aromatic rings. The van der Waals surface area contributed by atoms with E-state index in [0.29, 0.717) is 13.0 Å². The minimum absolute atomic E-state index is 0.121. The Bertz CT molecular complexity index is 732. The summed E-state index contributed by atoms with van der Waals surface area (Å²) in [4.78, 5) is 38.9. The lowest BCUT2D eigenvalue weighted by Crippen LogP contribution is -2.63. The van der Waals surface area contributed by atoms with Gasteiger partial charge in [-0.3, -0.25) is 19.5 Å². The molecule has 0 aromatic carbocycles. The zero-order chi connectivity index (χ0) is 22.3. The molecule has 3 heterocycles. The summed E-state index contributed by atoms with van der Waals surface area (Å²) in [6.07, 6.45) is 12.3. The van der Waals surface area contributed by atoms with Gasteiger partial charge < -0.3 is 20.0 Å². The Labute approximate surface area is 182 Å². The Morgan fingerprint density at radius 2 is 1.90 bits per heavy atom. The number of carboxylic acid groups (broad SMARTS) is 1. The van der Waals surface area contributed by atoms with Gasteiger partial charge in [0.25, 0.3) is 6.47 Å². The van der Waals surface area contributed by atoms with Crippen molar-refractivity contribution in [1.82, 2.24) is 20.0 Å². The largest absolute Gasteiger partial charge is 0.483 e. The number of piperidine rings is 1. The highest BCUT2D eigenvalue weighted by atomic mass is 16.3. The molecule has 0 radical (unpaired) electrons. The molecule has 31 heavy (non-hydrogen) atoms. The fraction of sp³-hybridized carbons (Fsp3) is 0.727. The summed E-state index contributed by atoms with van der Waals surface area (Å²) in [5.41, 5.74) is 0.504. The van der Waals surface area contributed by atoms with Gasteiger partial charge in [0.1, 0.15) is 5.54 Å². The smallest absolute Gasteiger partial charge is 0.290 e. The minimum atomic E-state index is -0.610. The molecule has 3 N–H and O–H groups in total. The maximum Gasteiger partial charge on any atom is 0.290 e. The van der Waals surface area contributed by atoms with Crippen molar-refractivity contribution in [3.63, 3.8) is 0 Å². The normalized spacial score (nSPS) is 28.4. The van der Waals surface area contributed by atoms with Crippen molar-refractivity contribution in [3.8, 4) is 0 Å². The molecule has 9 nitrogen and oxygen atoms in total. The number of H-pyrrole nitrogens is 1. The van der Waals surface area contributed by atoms with E-state index in [9.17, 15) is 14.7 Å². The highest BCUT2D eigenvalue weighted by Gasteiger charge is 2.53. The predicted octanol–water partition coefficient (Wildman–Crippen LogP) is 1.72. The second-order valence-corrected chi connectivity index (χ2v) is 8.81. The van der Waals surface area contributed by atoms with Crippen LogP contribution < -0.4 is 0 Å². The van der Waals surface area contributed by atoms with Gasteiger partial charge in [0.2, 0.25) is 11.8 Å². The van der Waals surface area contributed by atoms with Crippen LogP contribution in [-0.4, -0.2) is 79.3 Å². The molecule has 172 valence electrons. The number of hydrogen-bond donors (Lipinski definition) is 3. The summed E-state index contributed by atoms with van der Waals surface area (Å²) in [5.74, 6) is 0.288. The van der Waals surface area contributed by atoms with Gasteiger partial charge in [0.15, 0.2) is 0 Å². The molecular weight excluding hydrogens is 400 g/mol. The molecule has 3 aliphatic rings. The number of nitrogens with one attached hydrogen (secondary N) is 1. The van der Waals surface area contributed by atoms with E-state index in [1.807, 2.05) is 16.0 Å². The van der Waals surface area contributed by atoms with Gasteiger partial charge in [-0.2, -0.15) is 5.10 Å². The molecule has 1 atom stereocenters. The van der Waals surface area contributed by atoms with E-state index in [0.717, 1.165) is 76.3 Å². The average molecular weight is 435 g/mol. The third-order valence-corrected chi connectivity index (χ3v) is 6.96. The number of nitrogens with zero attached hydrogens (tertiary/aromatic N) is 3. The number of amides is 2. The lowest BCUT2D eigenvalue weighted by Gasteiger charge is -2.48. The molecule has 2 saturated heterocycles. The second kappa shape index (κ2) is 10.7. The Balaban J connectivity index is 0.000000858. The highest BCUT2D eigenvalue weighted by molar-refractivity contribution is 5.93. The number of aliphatic hydroxyl groups is 1. The molecule has 4 rings (SSSR count). The summed E-state index contributed by atoms with van der Waals surface area (Å²) in [5, 5.41) is 23.4. The maximum absolute atomic E-state index is 13.6. The van der Waals surface area contributed by atoms with Crippen LogP contribution in [0.15, 0.2) is 12.4 Å². The zero-order valence-electron chi connectivity index (χ0n) is 18.0.